The molecule has 0 amide bonds. The zero-order valence-electron chi connectivity index (χ0n) is 13.0. The van der Waals surface area contributed by atoms with Crippen LogP contribution in [0.15, 0.2) is 0 Å². The molecule has 0 saturated heterocycles. The maximum absolute atomic E-state index is 12.4. The lowest BCUT2D eigenvalue weighted by Gasteiger charge is -2.44. The average Bonchev–Trinajstić information content (AvgIpc) is 3.02. The first-order valence-corrected chi connectivity index (χ1v) is 7.46. The Morgan fingerprint density at radius 1 is 1.00 bits per heavy atom. The minimum absolute atomic E-state index is 0.192. The van der Waals surface area contributed by atoms with Gasteiger partial charge in [0.25, 0.3) is 0 Å². The van der Waals surface area contributed by atoms with Gasteiger partial charge >= 0.3 is 5.97 Å². The van der Waals surface area contributed by atoms with Crippen LogP contribution in [0.25, 0.3) is 0 Å². The molecule has 1 N–H and O–H groups in total. The molecule has 0 spiro atoms. The van der Waals surface area contributed by atoms with Crippen LogP contribution in [0.1, 0.15) is 73.1 Å². The van der Waals surface area contributed by atoms with Crippen LogP contribution in [-0.2, 0) is 9.53 Å². The fourth-order valence-corrected chi connectivity index (χ4v) is 3.18. The second-order valence-electron chi connectivity index (χ2n) is 8.28. The highest BCUT2D eigenvalue weighted by molar-refractivity contribution is 5.82. The molecule has 0 heterocycles. The molecule has 0 aliphatic heterocycles. The van der Waals surface area contributed by atoms with Crippen molar-refractivity contribution in [2.45, 2.75) is 84.3 Å². The maximum Gasteiger partial charge on any atom is 0.315 e. The van der Waals surface area contributed by atoms with Gasteiger partial charge in [-0.1, -0.05) is 13.8 Å². The van der Waals surface area contributed by atoms with Gasteiger partial charge in [-0.05, 0) is 64.7 Å². The summed E-state index contributed by atoms with van der Waals surface area (Å²) in [6.07, 6.45) is 4.96. The predicted octanol–water partition coefficient (Wildman–Crippen LogP) is 3.44. The molecule has 0 aromatic heterocycles. The first-order valence-electron chi connectivity index (χ1n) is 7.46. The molecule has 2 aliphatic rings. The van der Waals surface area contributed by atoms with Gasteiger partial charge in [-0.25, -0.2) is 0 Å². The molecule has 19 heavy (non-hydrogen) atoms. The van der Waals surface area contributed by atoms with E-state index in [1.165, 1.54) is 0 Å². The second kappa shape index (κ2) is 4.21. The van der Waals surface area contributed by atoms with Crippen LogP contribution >= 0.6 is 0 Å². The first kappa shape index (κ1) is 14.8. The fourth-order valence-electron chi connectivity index (χ4n) is 3.18. The van der Waals surface area contributed by atoms with Crippen molar-refractivity contribution in [1.82, 2.24) is 0 Å². The highest BCUT2D eigenvalue weighted by Crippen LogP contribution is 2.61. The van der Waals surface area contributed by atoms with Crippen LogP contribution in [0, 0.1) is 10.8 Å². The van der Waals surface area contributed by atoms with Crippen molar-refractivity contribution >= 4 is 5.97 Å². The van der Waals surface area contributed by atoms with Crippen LogP contribution in [0.2, 0.25) is 0 Å². The largest absolute Gasteiger partial charge is 0.459 e. The summed E-state index contributed by atoms with van der Waals surface area (Å²) in [5, 5.41) is 11.0. The number of hydrogen-bond donors (Lipinski definition) is 1. The number of rotatable bonds is 2. The van der Waals surface area contributed by atoms with E-state index in [0.29, 0.717) is 0 Å². The van der Waals surface area contributed by atoms with Crippen molar-refractivity contribution in [3.05, 3.63) is 0 Å². The van der Waals surface area contributed by atoms with Crippen molar-refractivity contribution in [1.29, 1.82) is 0 Å². The monoisotopic (exact) mass is 268 g/mol. The van der Waals surface area contributed by atoms with Gasteiger partial charge in [0.1, 0.15) is 5.60 Å². The summed E-state index contributed by atoms with van der Waals surface area (Å²) < 4.78 is 5.54. The Balaban J connectivity index is 2.10. The molecule has 2 fully saturated rings. The lowest BCUT2D eigenvalue weighted by Crippen LogP contribution is -2.50. The van der Waals surface area contributed by atoms with E-state index in [0.717, 1.165) is 38.5 Å². The van der Waals surface area contributed by atoms with Gasteiger partial charge in [0.15, 0.2) is 0 Å². The van der Waals surface area contributed by atoms with Crippen molar-refractivity contribution in [2.24, 2.45) is 10.8 Å². The van der Waals surface area contributed by atoms with Gasteiger partial charge in [0, 0.05) is 0 Å². The highest BCUT2D eigenvalue weighted by atomic mass is 16.6. The van der Waals surface area contributed by atoms with E-state index >= 15 is 0 Å². The molecule has 0 unspecified atom stereocenters. The summed E-state index contributed by atoms with van der Waals surface area (Å²) in [4.78, 5) is 12.4. The molecule has 3 nitrogen and oxygen atoms in total. The first-order chi connectivity index (χ1) is 8.50. The molecule has 2 aliphatic carbocycles. The van der Waals surface area contributed by atoms with Crippen LogP contribution in [0.5, 0.6) is 0 Å². The molecule has 0 bridgehead atoms. The molecule has 3 heteroatoms. The van der Waals surface area contributed by atoms with Crippen molar-refractivity contribution in [3.63, 3.8) is 0 Å². The third-order valence-corrected chi connectivity index (χ3v) is 4.86. The van der Waals surface area contributed by atoms with Crippen molar-refractivity contribution < 1.29 is 14.6 Å². The van der Waals surface area contributed by atoms with E-state index in [2.05, 4.69) is 13.8 Å². The van der Waals surface area contributed by atoms with Crippen LogP contribution in [0.3, 0.4) is 0 Å². The second-order valence-corrected chi connectivity index (χ2v) is 8.28. The maximum atomic E-state index is 12.4. The summed E-state index contributed by atoms with van der Waals surface area (Å²) >= 11 is 0. The summed E-state index contributed by atoms with van der Waals surface area (Å²) in [5.74, 6) is -0.192. The summed E-state index contributed by atoms with van der Waals surface area (Å²) in [6.45, 7) is 10.1. The van der Waals surface area contributed by atoms with E-state index in [1.807, 2.05) is 20.8 Å². The Labute approximate surface area is 116 Å². The molecular weight excluding hydrogens is 240 g/mol. The Kier molecular flexibility index (Phi) is 3.29. The Morgan fingerprint density at radius 2 is 1.47 bits per heavy atom. The molecule has 2 saturated carbocycles. The minimum atomic E-state index is -0.842. The quantitative estimate of drug-likeness (QED) is 0.780. The number of carbonyl (C=O) groups is 1. The number of carbonyl (C=O) groups excluding carboxylic acids is 1. The fraction of sp³-hybridized carbons (Fsp3) is 0.938. The van der Waals surface area contributed by atoms with E-state index < -0.39 is 16.6 Å². The normalized spacial score (nSPS) is 27.7. The van der Waals surface area contributed by atoms with Gasteiger partial charge in [-0.15, -0.1) is 0 Å². The van der Waals surface area contributed by atoms with Gasteiger partial charge in [-0.2, -0.15) is 0 Å². The summed E-state index contributed by atoms with van der Waals surface area (Å²) in [7, 11) is 0. The van der Waals surface area contributed by atoms with Crippen LogP contribution in [0.4, 0.5) is 0 Å². The number of ether oxygens (including phenoxy) is 1. The topological polar surface area (TPSA) is 46.5 Å². The summed E-state index contributed by atoms with van der Waals surface area (Å²) in [5.41, 5.74) is -1.64. The molecule has 2 rings (SSSR count). The summed E-state index contributed by atoms with van der Waals surface area (Å²) in [6, 6.07) is 0. The van der Waals surface area contributed by atoms with E-state index in [1.54, 1.807) is 0 Å². The minimum Gasteiger partial charge on any atom is -0.459 e. The lowest BCUT2D eigenvalue weighted by molar-refractivity contribution is -0.178. The van der Waals surface area contributed by atoms with E-state index in [-0.39, 0.29) is 11.4 Å². The number of esters is 1. The molecule has 0 aromatic rings. The van der Waals surface area contributed by atoms with Crippen LogP contribution < -0.4 is 0 Å². The van der Waals surface area contributed by atoms with Gasteiger partial charge in [0.05, 0.1) is 11.0 Å². The van der Waals surface area contributed by atoms with E-state index in [4.69, 9.17) is 4.74 Å². The van der Waals surface area contributed by atoms with Gasteiger partial charge in [0.2, 0.25) is 0 Å². The van der Waals surface area contributed by atoms with Crippen LogP contribution in [-0.4, -0.2) is 22.3 Å². The smallest absolute Gasteiger partial charge is 0.315 e. The molecular formula is C16H28O3. The molecule has 0 atom stereocenters. The van der Waals surface area contributed by atoms with Gasteiger partial charge in [-0.3, -0.25) is 4.79 Å². The predicted molar refractivity (Wildman–Crippen MR) is 74.7 cm³/mol. The zero-order valence-corrected chi connectivity index (χ0v) is 13.0. The third kappa shape index (κ3) is 2.81. The van der Waals surface area contributed by atoms with Crippen molar-refractivity contribution in [3.8, 4) is 0 Å². The average molecular weight is 268 g/mol. The molecule has 0 radical (unpaired) electrons. The standard InChI is InChI=1S/C16H28O3/c1-13(2,3)19-12(17)15(8-9-15)16(18)10-6-14(4,5)7-11-16/h18H,6-11H2,1-5H3. The Bertz CT molecular complexity index is 362. The van der Waals surface area contributed by atoms with E-state index in [9.17, 15) is 9.90 Å². The van der Waals surface area contributed by atoms with Gasteiger partial charge < -0.3 is 9.84 Å². The van der Waals surface area contributed by atoms with Crippen molar-refractivity contribution in [2.75, 3.05) is 0 Å². The Morgan fingerprint density at radius 3 is 1.84 bits per heavy atom. The number of aliphatic hydroxyl groups is 1. The lowest BCUT2D eigenvalue weighted by atomic mass is 9.65. The number of hydrogen-bond acceptors (Lipinski definition) is 3. The Hall–Kier alpha value is -0.570. The molecule has 0 aromatic carbocycles. The highest BCUT2D eigenvalue weighted by Gasteiger charge is 2.66. The third-order valence-electron chi connectivity index (χ3n) is 4.86. The SMILES string of the molecule is CC1(C)CCC(O)(C2(C(=O)OC(C)(C)C)CC2)CC1. The zero-order chi connectivity index (χ0) is 14.5. The molecule has 110 valence electrons.